The van der Waals surface area contributed by atoms with Crippen LogP contribution in [0.4, 0.5) is 4.79 Å². The SMILES string of the molecule is CC(C)CN1CCO[C@H](CNC(=O)NCCc2cccc(Cl)c2)C1. The van der Waals surface area contributed by atoms with Crippen LogP contribution in [0.5, 0.6) is 0 Å². The molecule has 0 saturated carbocycles. The summed E-state index contributed by atoms with van der Waals surface area (Å²) in [4.78, 5) is 14.3. The van der Waals surface area contributed by atoms with Crippen LogP contribution in [0, 0.1) is 5.92 Å². The number of amides is 2. The number of hydrogen-bond acceptors (Lipinski definition) is 3. The Bertz CT molecular complexity index is 525. The Labute approximate surface area is 149 Å². The first-order valence-corrected chi connectivity index (χ1v) is 9.01. The monoisotopic (exact) mass is 353 g/mol. The van der Waals surface area contributed by atoms with E-state index >= 15 is 0 Å². The first kappa shape index (κ1) is 19.0. The molecule has 0 unspecified atom stereocenters. The number of hydrogen-bond donors (Lipinski definition) is 2. The minimum atomic E-state index is -0.151. The van der Waals surface area contributed by atoms with E-state index in [1.807, 2.05) is 24.3 Å². The van der Waals surface area contributed by atoms with E-state index in [1.54, 1.807) is 0 Å². The highest BCUT2D eigenvalue weighted by Crippen LogP contribution is 2.10. The number of carbonyl (C=O) groups is 1. The third-order valence-corrected chi connectivity index (χ3v) is 4.16. The van der Waals surface area contributed by atoms with Gasteiger partial charge in [0.2, 0.25) is 0 Å². The number of urea groups is 1. The third-order valence-electron chi connectivity index (χ3n) is 3.92. The lowest BCUT2D eigenvalue weighted by Gasteiger charge is -2.33. The lowest BCUT2D eigenvalue weighted by molar-refractivity contribution is -0.0290. The molecule has 1 atom stereocenters. The van der Waals surface area contributed by atoms with E-state index in [2.05, 4.69) is 29.4 Å². The Morgan fingerprint density at radius 2 is 2.25 bits per heavy atom. The number of halogens is 1. The maximum absolute atomic E-state index is 11.9. The smallest absolute Gasteiger partial charge is 0.314 e. The molecule has 5 nitrogen and oxygen atoms in total. The van der Waals surface area contributed by atoms with Crippen LogP contribution >= 0.6 is 11.6 Å². The molecule has 6 heteroatoms. The number of rotatable bonds is 7. The van der Waals surface area contributed by atoms with Crippen molar-refractivity contribution in [1.82, 2.24) is 15.5 Å². The predicted octanol–water partition coefficient (Wildman–Crippen LogP) is 2.54. The summed E-state index contributed by atoms with van der Waals surface area (Å²) < 4.78 is 5.73. The first-order chi connectivity index (χ1) is 11.5. The summed E-state index contributed by atoms with van der Waals surface area (Å²) >= 11 is 5.95. The molecule has 134 valence electrons. The molecule has 2 N–H and O–H groups in total. The second-order valence-electron chi connectivity index (χ2n) is 6.66. The first-order valence-electron chi connectivity index (χ1n) is 8.63. The zero-order valence-corrected chi connectivity index (χ0v) is 15.3. The van der Waals surface area contributed by atoms with Gasteiger partial charge < -0.3 is 15.4 Å². The normalized spacial score (nSPS) is 18.6. The Hall–Kier alpha value is -1.30. The van der Waals surface area contributed by atoms with Gasteiger partial charge in [-0.2, -0.15) is 0 Å². The summed E-state index contributed by atoms with van der Waals surface area (Å²) in [6.07, 6.45) is 0.826. The van der Waals surface area contributed by atoms with Crippen molar-refractivity contribution in [3.63, 3.8) is 0 Å². The van der Waals surface area contributed by atoms with Crippen LogP contribution in [0.15, 0.2) is 24.3 Å². The third kappa shape index (κ3) is 7.07. The van der Waals surface area contributed by atoms with Gasteiger partial charge in [-0.3, -0.25) is 4.90 Å². The van der Waals surface area contributed by atoms with E-state index in [0.717, 1.165) is 43.2 Å². The number of nitrogens with zero attached hydrogens (tertiary/aromatic N) is 1. The van der Waals surface area contributed by atoms with Crippen LogP contribution in [-0.4, -0.2) is 56.4 Å². The minimum absolute atomic E-state index is 0.0659. The number of nitrogens with one attached hydrogen (secondary N) is 2. The molecule has 1 aromatic carbocycles. The highest BCUT2D eigenvalue weighted by Gasteiger charge is 2.21. The van der Waals surface area contributed by atoms with Gasteiger partial charge in [0, 0.05) is 37.7 Å². The summed E-state index contributed by atoms with van der Waals surface area (Å²) in [6, 6.07) is 7.53. The van der Waals surface area contributed by atoms with Gasteiger partial charge in [-0.25, -0.2) is 4.79 Å². The predicted molar refractivity (Wildman–Crippen MR) is 97.6 cm³/mol. The summed E-state index contributed by atoms with van der Waals surface area (Å²) in [5, 5.41) is 6.49. The van der Waals surface area contributed by atoms with E-state index in [1.165, 1.54) is 0 Å². The van der Waals surface area contributed by atoms with Gasteiger partial charge in [0.1, 0.15) is 0 Å². The van der Waals surface area contributed by atoms with Crippen molar-refractivity contribution >= 4 is 17.6 Å². The molecule has 1 fully saturated rings. The van der Waals surface area contributed by atoms with Crippen molar-refractivity contribution in [2.24, 2.45) is 5.92 Å². The maximum Gasteiger partial charge on any atom is 0.314 e. The summed E-state index contributed by atoms with van der Waals surface area (Å²) in [6.45, 7) is 9.21. The summed E-state index contributed by atoms with van der Waals surface area (Å²) in [5.74, 6) is 0.645. The van der Waals surface area contributed by atoms with Crippen molar-refractivity contribution in [3.05, 3.63) is 34.9 Å². The maximum atomic E-state index is 11.9. The zero-order valence-electron chi connectivity index (χ0n) is 14.6. The van der Waals surface area contributed by atoms with Gasteiger partial charge in [-0.1, -0.05) is 37.6 Å². The summed E-state index contributed by atoms with van der Waals surface area (Å²) in [5.41, 5.74) is 1.11. The average molecular weight is 354 g/mol. The van der Waals surface area contributed by atoms with E-state index in [0.29, 0.717) is 19.0 Å². The van der Waals surface area contributed by atoms with Crippen molar-refractivity contribution < 1.29 is 9.53 Å². The second kappa shape index (κ2) is 9.87. The summed E-state index contributed by atoms with van der Waals surface area (Å²) in [7, 11) is 0. The van der Waals surface area contributed by atoms with E-state index < -0.39 is 0 Å². The van der Waals surface area contributed by atoms with Crippen LogP contribution in [0.1, 0.15) is 19.4 Å². The molecule has 1 aliphatic rings. The fourth-order valence-corrected chi connectivity index (χ4v) is 3.08. The van der Waals surface area contributed by atoms with Gasteiger partial charge in [0.15, 0.2) is 0 Å². The lowest BCUT2D eigenvalue weighted by atomic mass is 10.1. The quantitative estimate of drug-likeness (QED) is 0.792. The molecule has 0 aliphatic carbocycles. The van der Waals surface area contributed by atoms with Gasteiger partial charge in [0.05, 0.1) is 12.7 Å². The lowest BCUT2D eigenvalue weighted by Crippen LogP contribution is -2.49. The van der Waals surface area contributed by atoms with Gasteiger partial charge in [0.25, 0.3) is 0 Å². The van der Waals surface area contributed by atoms with Crippen molar-refractivity contribution in [3.8, 4) is 0 Å². The Morgan fingerprint density at radius 1 is 1.42 bits per heavy atom. The Kier molecular flexibility index (Phi) is 7.82. The molecular weight excluding hydrogens is 326 g/mol. The highest BCUT2D eigenvalue weighted by molar-refractivity contribution is 6.30. The molecule has 1 aliphatic heterocycles. The molecule has 24 heavy (non-hydrogen) atoms. The number of benzene rings is 1. The number of ether oxygens (including phenoxy) is 1. The Balaban J connectivity index is 1.62. The van der Waals surface area contributed by atoms with Crippen molar-refractivity contribution in [1.29, 1.82) is 0 Å². The molecule has 2 amide bonds. The Morgan fingerprint density at radius 3 is 3.00 bits per heavy atom. The topological polar surface area (TPSA) is 53.6 Å². The van der Waals surface area contributed by atoms with Gasteiger partial charge >= 0.3 is 6.03 Å². The number of morpholine rings is 1. The van der Waals surface area contributed by atoms with Crippen LogP contribution in [-0.2, 0) is 11.2 Å². The largest absolute Gasteiger partial charge is 0.374 e. The molecule has 0 radical (unpaired) electrons. The van der Waals surface area contributed by atoms with E-state index in [4.69, 9.17) is 16.3 Å². The van der Waals surface area contributed by atoms with E-state index in [9.17, 15) is 4.79 Å². The average Bonchev–Trinajstić information content (AvgIpc) is 2.53. The molecule has 0 bridgehead atoms. The van der Waals surface area contributed by atoms with Crippen LogP contribution < -0.4 is 10.6 Å². The van der Waals surface area contributed by atoms with Crippen LogP contribution in [0.2, 0.25) is 5.02 Å². The number of carbonyl (C=O) groups excluding carboxylic acids is 1. The molecule has 0 spiro atoms. The van der Waals surface area contributed by atoms with Gasteiger partial charge in [-0.15, -0.1) is 0 Å². The molecular formula is C18H28ClN3O2. The molecule has 1 saturated heterocycles. The second-order valence-corrected chi connectivity index (χ2v) is 7.10. The fraction of sp³-hybridized carbons (Fsp3) is 0.611. The van der Waals surface area contributed by atoms with Crippen LogP contribution in [0.25, 0.3) is 0 Å². The molecule has 1 aromatic rings. The zero-order chi connectivity index (χ0) is 17.4. The van der Waals surface area contributed by atoms with Crippen molar-refractivity contribution in [2.45, 2.75) is 26.4 Å². The molecule has 2 rings (SSSR count). The minimum Gasteiger partial charge on any atom is -0.374 e. The van der Waals surface area contributed by atoms with E-state index in [-0.39, 0.29) is 12.1 Å². The van der Waals surface area contributed by atoms with Crippen molar-refractivity contribution in [2.75, 3.05) is 39.3 Å². The van der Waals surface area contributed by atoms with Gasteiger partial charge in [-0.05, 0) is 30.0 Å². The molecule has 0 aromatic heterocycles. The molecule has 1 heterocycles. The standard InChI is InChI=1S/C18H28ClN3O2/c1-14(2)12-22-8-9-24-17(13-22)11-21-18(23)20-7-6-15-4-3-5-16(19)10-15/h3-5,10,14,17H,6-9,11-13H2,1-2H3,(H2,20,21,23)/t17-/m1/s1. The highest BCUT2D eigenvalue weighted by atomic mass is 35.5. The fourth-order valence-electron chi connectivity index (χ4n) is 2.87. The van der Waals surface area contributed by atoms with Crippen LogP contribution in [0.3, 0.4) is 0 Å².